The summed E-state index contributed by atoms with van der Waals surface area (Å²) in [6.07, 6.45) is 3.34. The van der Waals surface area contributed by atoms with Crippen molar-refractivity contribution in [3.63, 3.8) is 0 Å². The van der Waals surface area contributed by atoms with Crippen LogP contribution in [0.1, 0.15) is 35.2 Å². The standard InChI is InChI=1S/C15H19NO2/c1-9-3-6-14(18-2)12(7-9)15(17)11-8-10-4-5-13(11)16-10/h3,6-7,10-11,13,16H,4-5,8H2,1-2H3. The van der Waals surface area contributed by atoms with Crippen molar-refractivity contribution in [3.8, 4) is 5.75 Å². The van der Waals surface area contributed by atoms with Crippen molar-refractivity contribution in [2.45, 2.75) is 38.3 Å². The van der Waals surface area contributed by atoms with E-state index in [1.807, 2.05) is 25.1 Å². The number of carbonyl (C=O) groups excluding carboxylic acids is 1. The maximum Gasteiger partial charge on any atom is 0.171 e. The van der Waals surface area contributed by atoms with E-state index in [0.717, 1.165) is 24.0 Å². The van der Waals surface area contributed by atoms with Gasteiger partial charge < -0.3 is 10.1 Å². The topological polar surface area (TPSA) is 38.3 Å². The molecule has 3 heteroatoms. The lowest BCUT2D eigenvalue weighted by atomic mass is 9.83. The van der Waals surface area contributed by atoms with Crippen LogP contribution in [0.4, 0.5) is 0 Å². The number of ether oxygens (including phenoxy) is 1. The molecule has 3 unspecified atom stereocenters. The van der Waals surface area contributed by atoms with Gasteiger partial charge in [-0.2, -0.15) is 0 Å². The monoisotopic (exact) mass is 245 g/mol. The summed E-state index contributed by atoms with van der Waals surface area (Å²) >= 11 is 0. The first-order chi connectivity index (χ1) is 8.69. The SMILES string of the molecule is COc1ccc(C)cc1C(=O)C1CC2CCC1N2. The molecule has 2 heterocycles. The maximum atomic E-state index is 12.6. The highest BCUT2D eigenvalue weighted by atomic mass is 16.5. The minimum atomic E-state index is 0.138. The fourth-order valence-electron chi connectivity index (χ4n) is 3.33. The maximum absolute atomic E-state index is 12.6. The van der Waals surface area contributed by atoms with E-state index >= 15 is 0 Å². The summed E-state index contributed by atoms with van der Waals surface area (Å²) in [5.74, 6) is 1.09. The van der Waals surface area contributed by atoms with Gasteiger partial charge >= 0.3 is 0 Å². The molecule has 1 aromatic rings. The van der Waals surface area contributed by atoms with E-state index < -0.39 is 0 Å². The van der Waals surface area contributed by atoms with Gasteiger partial charge in [-0.3, -0.25) is 4.79 Å². The second-order valence-corrected chi connectivity index (χ2v) is 5.46. The minimum Gasteiger partial charge on any atom is -0.496 e. The lowest BCUT2D eigenvalue weighted by Gasteiger charge is -2.20. The number of aryl methyl sites for hydroxylation is 1. The second kappa shape index (κ2) is 4.39. The number of hydrogen-bond acceptors (Lipinski definition) is 3. The van der Waals surface area contributed by atoms with Crippen molar-refractivity contribution in [1.82, 2.24) is 5.32 Å². The average Bonchev–Trinajstić information content (AvgIpc) is 3.00. The summed E-state index contributed by atoms with van der Waals surface area (Å²) < 4.78 is 5.32. The van der Waals surface area contributed by atoms with E-state index in [0.29, 0.717) is 17.8 Å². The summed E-state index contributed by atoms with van der Waals surface area (Å²) in [5.41, 5.74) is 1.85. The number of methoxy groups -OCH3 is 1. The molecule has 3 atom stereocenters. The molecule has 2 saturated heterocycles. The van der Waals surface area contributed by atoms with Gasteiger partial charge in [0.05, 0.1) is 12.7 Å². The molecular weight excluding hydrogens is 226 g/mol. The molecule has 3 rings (SSSR count). The van der Waals surface area contributed by atoms with Gasteiger partial charge in [0.15, 0.2) is 5.78 Å². The molecule has 1 N–H and O–H groups in total. The van der Waals surface area contributed by atoms with Gasteiger partial charge in [-0.15, -0.1) is 0 Å². The average molecular weight is 245 g/mol. The lowest BCUT2D eigenvalue weighted by molar-refractivity contribution is 0.0897. The lowest BCUT2D eigenvalue weighted by Crippen LogP contribution is -2.29. The van der Waals surface area contributed by atoms with Gasteiger partial charge in [0, 0.05) is 18.0 Å². The first kappa shape index (κ1) is 11.7. The Labute approximate surface area is 108 Å². The summed E-state index contributed by atoms with van der Waals surface area (Å²) in [7, 11) is 1.63. The van der Waals surface area contributed by atoms with Gasteiger partial charge in [-0.05, 0) is 38.3 Å². The van der Waals surface area contributed by atoms with Crippen molar-refractivity contribution in [3.05, 3.63) is 29.3 Å². The van der Waals surface area contributed by atoms with Crippen LogP contribution in [-0.2, 0) is 0 Å². The van der Waals surface area contributed by atoms with Gasteiger partial charge in [0.2, 0.25) is 0 Å². The van der Waals surface area contributed by atoms with E-state index in [1.54, 1.807) is 7.11 Å². The first-order valence-electron chi connectivity index (χ1n) is 6.64. The zero-order chi connectivity index (χ0) is 12.7. The molecule has 1 aromatic carbocycles. The zero-order valence-electron chi connectivity index (χ0n) is 10.9. The largest absolute Gasteiger partial charge is 0.496 e. The van der Waals surface area contributed by atoms with Crippen LogP contribution in [0.15, 0.2) is 18.2 Å². The molecule has 0 spiro atoms. The van der Waals surface area contributed by atoms with Gasteiger partial charge in [0.1, 0.15) is 5.75 Å². The number of fused-ring (bicyclic) bond motifs is 2. The summed E-state index contributed by atoms with van der Waals surface area (Å²) in [6.45, 7) is 2.01. The minimum absolute atomic E-state index is 0.138. The number of Topliss-reactive ketones (excluding diaryl/α,β-unsaturated/α-hetero) is 1. The zero-order valence-corrected chi connectivity index (χ0v) is 10.9. The van der Waals surface area contributed by atoms with Crippen molar-refractivity contribution < 1.29 is 9.53 Å². The summed E-state index contributed by atoms with van der Waals surface area (Å²) in [6, 6.07) is 6.76. The third-order valence-electron chi connectivity index (χ3n) is 4.26. The number of hydrogen-bond donors (Lipinski definition) is 1. The van der Waals surface area contributed by atoms with E-state index in [-0.39, 0.29) is 11.7 Å². The molecule has 2 fully saturated rings. The Morgan fingerprint density at radius 3 is 2.83 bits per heavy atom. The molecule has 96 valence electrons. The number of carbonyl (C=O) groups is 1. The van der Waals surface area contributed by atoms with Crippen LogP contribution in [0.5, 0.6) is 5.75 Å². The molecule has 2 bridgehead atoms. The number of ketones is 1. The highest BCUT2D eigenvalue weighted by molar-refractivity contribution is 6.01. The van der Waals surface area contributed by atoms with Crippen LogP contribution < -0.4 is 10.1 Å². The van der Waals surface area contributed by atoms with E-state index in [9.17, 15) is 4.79 Å². The van der Waals surface area contributed by atoms with Crippen molar-refractivity contribution in [2.24, 2.45) is 5.92 Å². The normalized spacial score (nSPS) is 29.6. The molecule has 0 aliphatic carbocycles. The molecule has 0 radical (unpaired) electrons. The van der Waals surface area contributed by atoms with E-state index in [1.165, 1.54) is 6.42 Å². The predicted octanol–water partition coefficient (Wildman–Crippen LogP) is 2.33. The molecule has 2 aliphatic rings. The van der Waals surface area contributed by atoms with E-state index in [4.69, 9.17) is 4.74 Å². The molecule has 0 amide bonds. The van der Waals surface area contributed by atoms with Crippen LogP contribution in [-0.4, -0.2) is 25.0 Å². The van der Waals surface area contributed by atoms with Crippen LogP contribution in [0, 0.1) is 12.8 Å². The fraction of sp³-hybridized carbons (Fsp3) is 0.533. The predicted molar refractivity (Wildman–Crippen MR) is 70.1 cm³/mol. The molecule has 0 saturated carbocycles. The fourth-order valence-corrected chi connectivity index (χ4v) is 3.33. The number of rotatable bonds is 3. The highest BCUT2D eigenvalue weighted by Crippen LogP contribution is 2.36. The van der Waals surface area contributed by atoms with Gasteiger partial charge in [-0.25, -0.2) is 0 Å². The first-order valence-corrected chi connectivity index (χ1v) is 6.64. The van der Waals surface area contributed by atoms with Crippen LogP contribution in [0.25, 0.3) is 0 Å². The van der Waals surface area contributed by atoms with Crippen molar-refractivity contribution >= 4 is 5.78 Å². The molecule has 2 aliphatic heterocycles. The molecule has 0 aromatic heterocycles. The Hall–Kier alpha value is -1.35. The summed E-state index contributed by atoms with van der Waals surface area (Å²) in [5, 5.41) is 3.52. The Balaban J connectivity index is 1.90. The number of nitrogens with one attached hydrogen (secondary N) is 1. The van der Waals surface area contributed by atoms with Gasteiger partial charge in [-0.1, -0.05) is 11.6 Å². The van der Waals surface area contributed by atoms with Crippen molar-refractivity contribution in [2.75, 3.05) is 7.11 Å². The quantitative estimate of drug-likeness (QED) is 0.831. The van der Waals surface area contributed by atoms with Crippen LogP contribution in [0.3, 0.4) is 0 Å². The molecule has 18 heavy (non-hydrogen) atoms. The Morgan fingerprint density at radius 2 is 2.22 bits per heavy atom. The summed E-state index contributed by atoms with van der Waals surface area (Å²) in [4.78, 5) is 12.6. The Morgan fingerprint density at radius 1 is 1.39 bits per heavy atom. The Bertz CT molecular complexity index is 483. The third kappa shape index (κ3) is 1.83. The van der Waals surface area contributed by atoms with Crippen LogP contribution in [0.2, 0.25) is 0 Å². The number of benzene rings is 1. The second-order valence-electron chi connectivity index (χ2n) is 5.46. The Kier molecular flexibility index (Phi) is 2.86. The highest BCUT2D eigenvalue weighted by Gasteiger charge is 2.43. The smallest absolute Gasteiger partial charge is 0.171 e. The molecule has 3 nitrogen and oxygen atoms in total. The van der Waals surface area contributed by atoms with E-state index in [2.05, 4.69) is 5.32 Å². The third-order valence-corrected chi connectivity index (χ3v) is 4.26. The van der Waals surface area contributed by atoms with Gasteiger partial charge in [0.25, 0.3) is 0 Å². The molecular formula is C15H19NO2. The van der Waals surface area contributed by atoms with Crippen LogP contribution >= 0.6 is 0 Å². The van der Waals surface area contributed by atoms with Crippen molar-refractivity contribution in [1.29, 1.82) is 0 Å².